The number of anilines is 3. The standard InChI is InChI=1S/C46H27NO2S/c1-2-13-37-32(9-1)38(27-40-34-11-4-7-15-42(34)49-46(37)40)28-17-19-29(20-18-28)47(30-22-24-45-39(25-30)36-12-5-8-16-44(36)50-45)31-21-23-35-33-10-3-6-14-41(33)48-43(35)26-31/h1-27H. The van der Waals surface area contributed by atoms with Crippen molar-refractivity contribution in [3.63, 3.8) is 0 Å². The Hall–Kier alpha value is -6.36. The molecule has 3 heterocycles. The lowest BCUT2D eigenvalue weighted by molar-refractivity contribution is 0.669. The van der Waals surface area contributed by atoms with Crippen LogP contribution in [0.25, 0.3) is 85.9 Å². The molecule has 0 saturated carbocycles. The normalized spacial score (nSPS) is 12.0. The summed E-state index contributed by atoms with van der Waals surface area (Å²) in [5, 5.41) is 9.36. The van der Waals surface area contributed by atoms with Crippen LogP contribution in [0.2, 0.25) is 0 Å². The first kappa shape index (κ1) is 27.6. The Morgan fingerprint density at radius 3 is 1.76 bits per heavy atom. The van der Waals surface area contributed by atoms with Gasteiger partial charge >= 0.3 is 0 Å². The quantitative estimate of drug-likeness (QED) is 0.189. The molecule has 3 aromatic heterocycles. The van der Waals surface area contributed by atoms with E-state index in [9.17, 15) is 0 Å². The molecular formula is C46H27NO2S. The van der Waals surface area contributed by atoms with Crippen molar-refractivity contribution in [3.05, 3.63) is 164 Å². The molecule has 8 aromatic carbocycles. The Morgan fingerprint density at radius 1 is 0.360 bits per heavy atom. The fourth-order valence-electron chi connectivity index (χ4n) is 7.73. The predicted molar refractivity (Wildman–Crippen MR) is 212 cm³/mol. The summed E-state index contributed by atoms with van der Waals surface area (Å²) < 4.78 is 15.4. The molecule has 0 bridgehead atoms. The number of rotatable bonds is 4. The highest BCUT2D eigenvalue weighted by Gasteiger charge is 2.19. The molecule has 4 heteroatoms. The lowest BCUT2D eigenvalue weighted by atomic mass is 9.95. The molecule has 0 saturated heterocycles. The van der Waals surface area contributed by atoms with Gasteiger partial charge in [-0.05, 0) is 83.2 Å². The van der Waals surface area contributed by atoms with Crippen LogP contribution in [0.5, 0.6) is 0 Å². The van der Waals surface area contributed by atoms with Crippen LogP contribution in [0.3, 0.4) is 0 Å². The van der Waals surface area contributed by atoms with E-state index in [2.05, 4.69) is 144 Å². The molecule has 0 aliphatic carbocycles. The molecule has 0 aliphatic heterocycles. The molecule has 3 nitrogen and oxygen atoms in total. The average Bonchev–Trinajstić information content (AvgIpc) is 3.86. The summed E-state index contributed by atoms with van der Waals surface area (Å²) in [5.74, 6) is 0. The molecule has 0 aliphatic rings. The second kappa shape index (κ2) is 10.6. The number of furan rings is 2. The van der Waals surface area contributed by atoms with E-state index < -0.39 is 0 Å². The van der Waals surface area contributed by atoms with Crippen molar-refractivity contribution in [2.45, 2.75) is 0 Å². The minimum atomic E-state index is 0.875. The molecule has 0 atom stereocenters. The maximum absolute atomic E-state index is 6.39. The van der Waals surface area contributed by atoms with E-state index in [0.29, 0.717) is 0 Å². The first-order valence-electron chi connectivity index (χ1n) is 16.8. The van der Waals surface area contributed by atoms with Crippen LogP contribution in [0, 0.1) is 0 Å². The minimum absolute atomic E-state index is 0.875. The molecule has 0 fully saturated rings. The van der Waals surface area contributed by atoms with Gasteiger partial charge in [0.25, 0.3) is 0 Å². The fraction of sp³-hybridized carbons (Fsp3) is 0. The number of nitrogens with zero attached hydrogens (tertiary/aromatic N) is 1. The molecule has 11 rings (SSSR count). The molecule has 0 amide bonds. The summed E-state index contributed by atoms with van der Waals surface area (Å²) in [6.45, 7) is 0. The minimum Gasteiger partial charge on any atom is -0.456 e. The molecular weight excluding hydrogens is 631 g/mol. The van der Waals surface area contributed by atoms with Crippen molar-refractivity contribution in [3.8, 4) is 11.1 Å². The highest BCUT2D eigenvalue weighted by molar-refractivity contribution is 7.25. The van der Waals surface area contributed by atoms with Gasteiger partial charge in [-0.3, -0.25) is 0 Å². The third kappa shape index (κ3) is 4.09. The summed E-state index contributed by atoms with van der Waals surface area (Å²) >= 11 is 1.84. The zero-order valence-corrected chi connectivity index (χ0v) is 27.6. The van der Waals surface area contributed by atoms with E-state index in [1.165, 1.54) is 31.1 Å². The molecule has 0 radical (unpaired) electrons. The zero-order valence-electron chi connectivity index (χ0n) is 26.8. The molecule has 0 spiro atoms. The Morgan fingerprint density at radius 2 is 0.940 bits per heavy atom. The maximum Gasteiger partial charge on any atom is 0.143 e. The second-order valence-corrected chi connectivity index (χ2v) is 14.0. The van der Waals surface area contributed by atoms with E-state index in [4.69, 9.17) is 8.83 Å². The van der Waals surface area contributed by atoms with Gasteiger partial charge < -0.3 is 13.7 Å². The van der Waals surface area contributed by atoms with Crippen LogP contribution >= 0.6 is 11.3 Å². The number of hydrogen-bond donors (Lipinski definition) is 0. The van der Waals surface area contributed by atoms with Crippen molar-refractivity contribution in [2.24, 2.45) is 0 Å². The molecule has 50 heavy (non-hydrogen) atoms. The summed E-state index contributed by atoms with van der Waals surface area (Å²) in [5.41, 5.74) is 9.17. The van der Waals surface area contributed by atoms with Gasteiger partial charge in [0.05, 0.1) is 0 Å². The molecule has 11 aromatic rings. The van der Waals surface area contributed by atoms with Gasteiger partial charge in [-0.1, -0.05) is 91.0 Å². The largest absolute Gasteiger partial charge is 0.456 e. The average molecular weight is 658 g/mol. The number of fused-ring (bicyclic) bond motifs is 11. The van der Waals surface area contributed by atoms with Gasteiger partial charge in [0.1, 0.15) is 22.3 Å². The Kier molecular flexibility index (Phi) is 5.83. The van der Waals surface area contributed by atoms with Gasteiger partial charge in [0, 0.05) is 70.2 Å². The van der Waals surface area contributed by atoms with Crippen molar-refractivity contribution in [1.82, 2.24) is 0 Å². The second-order valence-electron chi connectivity index (χ2n) is 12.9. The summed E-state index contributed by atoms with van der Waals surface area (Å²) in [7, 11) is 0. The van der Waals surface area contributed by atoms with E-state index >= 15 is 0 Å². The van der Waals surface area contributed by atoms with Gasteiger partial charge in [-0.15, -0.1) is 11.3 Å². The Labute approximate surface area is 290 Å². The molecule has 0 unspecified atom stereocenters. The van der Waals surface area contributed by atoms with Crippen LogP contribution in [0.15, 0.2) is 173 Å². The van der Waals surface area contributed by atoms with Gasteiger partial charge in [0.15, 0.2) is 0 Å². The summed E-state index contributed by atoms with van der Waals surface area (Å²) in [6.07, 6.45) is 0. The fourth-order valence-corrected chi connectivity index (χ4v) is 8.82. The van der Waals surface area contributed by atoms with Crippen LogP contribution < -0.4 is 4.90 Å². The zero-order chi connectivity index (χ0) is 32.8. The van der Waals surface area contributed by atoms with Crippen molar-refractivity contribution < 1.29 is 8.83 Å². The molecule has 0 N–H and O–H groups in total. The monoisotopic (exact) mass is 657 g/mol. The van der Waals surface area contributed by atoms with Crippen molar-refractivity contribution >= 4 is 103 Å². The molecule has 234 valence electrons. The number of thiophene rings is 1. The third-order valence-electron chi connectivity index (χ3n) is 10.1. The maximum atomic E-state index is 6.39. The highest BCUT2D eigenvalue weighted by atomic mass is 32.1. The van der Waals surface area contributed by atoms with Crippen LogP contribution in [-0.4, -0.2) is 0 Å². The van der Waals surface area contributed by atoms with E-state index in [0.717, 1.165) is 71.9 Å². The SMILES string of the molecule is c1ccc2c(c1)oc1cc(N(c3ccc(-c4cc5c6ccccc6oc5c5ccccc45)cc3)c3ccc4sc5ccccc5c4c3)ccc12. The predicted octanol–water partition coefficient (Wildman–Crippen LogP) is 14.1. The lowest BCUT2D eigenvalue weighted by Crippen LogP contribution is -2.09. The van der Waals surface area contributed by atoms with Crippen molar-refractivity contribution in [2.75, 3.05) is 4.90 Å². The first-order chi connectivity index (χ1) is 24.8. The van der Waals surface area contributed by atoms with Crippen LogP contribution in [-0.2, 0) is 0 Å². The topological polar surface area (TPSA) is 29.5 Å². The third-order valence-corrected chi connectivity index (χ3v) is 11.2. The van der Waals surface area contributed by atoms with E-state index in [-0.39, 0.29) is 0 Å². The van der Waals surface area contributed by atoms with Gasteiger partial charge in [0.2, 0.25) is 0 Å². The van der Waals surface area contributed by atoms with Crippen LogP contribution in [0.1, 0.15) is 0 Å². The van der Waals surface area contributed by atoms with E-state index in [1.54, 1.807) is 0 Å². The van der Waals surface area contributed by atoms with E-state index in [1.807, 2.05) is 35.6 Å². The van der Waals surface area contributed by atoms with Gasteiger partial charge in [-0.2, -0.15) is 0 Å². The van der Waals surface area contributed by atoms with Crippen molar-refractivity contribution in [1.29, 1.82) is 0 Å². The first-order valence-corrected chi connectivity index (χ1v) is 17.6. The lowest BCUT2D eigenvalue weighted by Gasteiger charge is -2.26. The number of para-hydroxylation sites is 2. The highest BCUT2D eigenvalue weighted by Crippen LogP contribution is 2.44. The smallest absolute Gasteiger partial charge is 0.143 e. The van der Waals surface area contributed by atoms with Crippen LogP contribution in [0.4, 0.5) is 17.1 Å². The Balaban J connectivity index is 1.10. The number of benzene rings is 8. The number of hydrogen-bond acceptors (Lipinski definition) is 4. The summed E-state index contributed by atoms with van der Waals surface area (Å²) in [4.78, 5) is 2.34. The summed E-state index contributed by atoms with van der Waals surface area (Å²) in [6, 6.07) is 58.4. The van der Waals surface area contributed by atoms with Gasteiger partial charge in [-0.25, -0.2) is 0 Å². The Bertz CT molecular complexity index is 3110.